The Morgan fingerprint density at radius 3 is 1.88 bits per heavy atom. The van der Waals surface area contributed by atoms with E-state index >= 15 is 0 Å². The minimum absolute atomic E-state index is 0.694. The summed E-state index contributed by atoms with van der Waals surface area (Å²) in [5, 5.41) is 0. The van der Waals surface area contributed by atoms with Gasteiger partial charge in [0, 0.05) is 22.9 Å². The molecule has 0 fully saturated rings. The first-order valence-electron chi connectivity index (χ1n) is 10.9. The monoisotopic (exact) mass is 424 g/mol. The third-order valence-corrected chi connectivity index (χ3v) is 5.79. The van der Waals surface area contributed by atoms with Crippen LogP contribution in [-0.2, 0) is 0 Å². The van der Waals surface area contributed by atoms with Gasteiger partial charge >= 0.3 is 0 Å². The molecule has 0 saturated heterocycles. The molecule has 0 amide bonds. The van der Waals surface area contributed by atoms with Gasteiger partial charge in [0.25, 0.3) is 0 Å². The van der Waals surface area contributed by atoms with E-state index in [0.29, 0.717) is 5.82 Å². The summed E-state index contributed by atoms with van der Waals surface area (Å²) < 4.78 is 0. The molecule has 0 atom stereocenters. The molecule has 0 aliphatic heterocycles. The van der Waals surface area contributed by atoms with E-state index in [2.05, 4.69) is 58.5 Å². The number of hydrogen-bond acceptors (Lipinski definition) is 3. The van der Waals surface area contributed by atoms with Gasteiger partial charge in [-0.25, -0.2) is 15.0 Å². The van der Waals surface area contributed by atoms with Gasteiger partial charge in [0.05, 0.1) is 23.1 Å². The first-order valence-corrected chi connectivity index (χ1v) is 10.9. The molecule has 0 saturated carbocycles. The molecule has 6 aromatic rings. The molecular formula is C29H20N4. The predicted octanol–water partition coefficient (Wildman–Crippen LogP) is 7.02. The van der Waals surface area contributed by atoms with Crippen LogP contribution in [0.5, 0.6) is 0 Å². The lowest BCUT2D eigenvalue weighted by Gasteiger charge is -2.13. The first kappa shape index (κ1) is 19.1. The lowest BCUT2D eigenvalue weighted by Crippen LogP contribution is -1.97. The highest BCUT2D eigenvalue weighted by atomic mass is 14.9. The minimum Gasteiger partial charge on any atom is -0.345 e. The summed E-state index contributed by atoms with van der Waals surface area (Å²) in [6, 6.07) is 35.1. The van der Waals surface area contributed by atoms with Crippen molar-refractivity contribution in [3.8, 4) is 44.9 Å². The molecule has 156 valence electrons. The lowest BCUT2D eigenvalue weighted by molar-refractivity contribution is 1.18. The average Bonchev–Trinajstić information content (AvgIpc) is 3.38. The fourth-order valence-corrected chi connectivity index (χ4v) is 4.17. The summed E-state index contributed by atoms with van der Waals surface area (Å²) in [4.78, 5) is 17.8. The Kier molecular flexibility index (Phi) is 4.74. The molecule has 2 aromatic heterocycles. The molecule has 4 nitrogen and oxygen atoms in total. The second-order valence-electron chi connectivity index (χ2n) is 7.88. The highest BCUT2D eigenvalue weighted by Gasteiger charge is 2.17. The number of H-pyrrole nitrogens is 1. The zero-order valence-electron chi connectivity index (χ0n) is 17.8. The number of aromatic amines is 1. The number of nitrogens with zero attached hydrogens (tertiary/aromatic N) is 3. The van der Waals surface area contributed by atoms with Gasteiger partial charge < -0.3 is 4.98 Å². The SMILES string of the molecule is c1ccc(-c2cc(-c3nc(-c4ccccc4)ncc3-c3ccccc3)c3nc[nH]c3c2)cc1. The third-order valence-electron chi connectivity index (χ3n) is 5.79. The van der Waals surface area contributed by atoms with Gasteiger partial charge in [0.2, 0.25) is 0 Å². The van der Waals surface area contributed by atoms with Crippen LogP contribution in [0.2, 0.25) is 0 Å². The van der Waals surface area contributed by atoms with E-state index in [0.717, 1.165) is 50.1 Å². The van der Waals surface area contributed by atoms with Crippen LogP contribution in [0.25, 0.3) is 55.9 Å². The zero-order valence-corrected chi connectivity index (χ0v) is 17.8. The molecule has 0 spiro atoms. The standard InChI is InChI=1S/C29H20N4/c1-4-10-20(11-5-1)23-16-24(28-26(17-23)31-19-32-28)27-25(21-12-6-2-7-13-21)18-30-29(33-27)22-14-8-3-9-15-22/h1-19H,(H,31,32). The van der Waals surface area contributed by atoms with E-state index in [1.807, 2.05) is 60.8 Å². The quantitative estimate of drug-likeness (QED) is 0.331. The van der Waals surface area contributed by atoms with Crippen molar-refractivity contribution in [3.63, 3.8) is 0 Å². The van der Waals surface area contributed by atoms with Gasteiger partial charge in [-0.3, -0.25) is 0 Å². The highest BCUT2D eigenvalue weighted by molar-refractivity contribution is 5.98. The predicted molar refractivity (Wildman–Crippen MR) is 133 cm³/mol. The van der Waals surface area contributed by atoms with Crippen LogP contribution in [0.1, 0.15) is 0 Å². The van der Waals surface area contributed by atoms with Crippen molar-refractivity contribution < 1.29 is 0 Å². The number of nitrogens with one attached hydrogen (secondary N) is 1. The van der Waals surface area contributed by atoms with Crippen LogP contribution in [0.3, 0.4) is 0 Å². The van der Waals surface area contributed by atoms with Gasteiger partial charge in [-0.1, -0.05) is 91.0 Å². The number of benzene rings is 4. The molecule has 2 heterocycles. The lowest BCUT2D eigenvalue weighted by atomic mass is 9.96. The summed E-state index contributed by atoms with van der Waals surface area (Å²) in [5.74, 6) is 0.694. The van der Waals surface area contributed by atoms with Crippen molar-refractivity contribution in [1.29, 1.82) is 0 Å². The van der Waals surface area contributed by atoms with Gasteiger partial charge in [0.15, 0.2) is 5.82 Å². The van der Waals surface area contributed by atoms with Gasteiger partial charge in [-0.05, 0) is 28.8 Å². The first-order chi connectivity index (χ1) is 16.4. The van der Waals surface area contributed by atoms with E-state index in [1.54, 1.807) is 6.33 Å². The molecule has 1 N–H and O–H groups in total. The maximum atomic E-state index is 5.09. The second kappa shape index (κ2) is 8.17. The summed E-state index contributed by atoms with van der Waals surface area (Å²) in [5.41, 5.74) is 9.00. The van der Waals surface area contributed by atoms with Crippen molar-refractivity contribution in [2.24, 2.45) is 0 Å². The van der Waals surface area contributed by atoms with E-state index in [9.17, 15) is 0 Å². The summed E-state index contributed by atoms with van der Waals surface area (Å²) in [7, 11) is 0. The van der Waals surface area contributed by atoms with Crippen molar-refractivity contribution in [2.45, 2.75) is 0 Å². The number of aromatic nitrogens is 4. The third kappa shape index (κ3) is 3.58. The maximum Gasteiger partial charge on any atom is 0.159 e. The molecule has 0 unspecified atom stereocenters. The molecular weight excluding hydrogens is 404 g/mol. The topological polar surface area (TPSA) is 54.5 Å². The molecule has 0 aliphatic rings. The summed E-state index contributed by atoms with van der Waals surface area (Å²) >= 11 is 0. The molecule has 4 heteroatoms. The highest BCUT2D eigenvalue weighted by Crippen LogP contribution is 2.37. The fraction of sp³-hybridized carbons (Fsp3) is 0. The van der Waals surface area contributed by atoms with Gasteiger partial charge in [-0.15, -0.1) is 0 Å². The molecule has 0 aliphatic carbocycles. The fourth-order valence-electron chi connectivity index (χ4n) is 4.17. The normalized spacial score (nSPS) is 11.0. The van der Waals surface area contributed by atoms with Crippen LogP contribution in [0.4, 0.5) is 0 Å². The van der Waals surface area contributed by atoms with Crippen LogP contribution in [0, 0.1) is 0 Å². The zero-order chi connectivity index (χ0) is 22.0. The van der Waals surface area contributed by atoms with E-state index in [4.69, 9.17) is 9.97 Å². The molecule has 33 heavy (non-hydrogen) atoms. The van der Waals surface area contributed by atoms with Crippen molar-refractivity contribution >= 4 is 11.0 Å². The Labute approximate surface area is 191 Å². The van der Waals surface area contributed by atoms with E-state index < -0.39 is 0 Å². The number of hydrogen-bond donors (Lipinski definition) is 1. The van der Waals surface area contributed by atoms with Gasteiger partial charge in [0.1, 0.15) is 0 Å². The Balaban J connectivity index is 1.64. The number of rotatable bonds is 4. The van der Waals surface area contributed by atoms with Crippen LogP contribution < -0.4 is 0 Å². The summed E-state index contributed by atoms with van der Waals surface area (Å²) in [6.07, 6.45) is 3.66. The number of fused-ring (bicyclic) bond motifs is 1. The van der Waals surface area contributed by atoms with Crippen molar-refractivity contribution in [2.75, 3.05) is 0 Å². The van der Waals surface area contributed by atoms with Gasteiger partial charge in [-0.2, -0.15) is 0 Å². The Hall–Kier alpha value is -4.57. The van der Waals surface area contributed by atoms with Crippen LogP contribution >= 0.6 is 0 Å². The van der Waals surface area contributed by atoms with Crippen LogP contribution in [0.15, 0.2) is 116 Å². The Morgan fingerprint density at radius 1 is 0.545 bits per heavy atom. The smallest absolute Gasteiger partial charge is 0.159 e. The number of imidazole rings is 1. The van der Waals surface area contributed by atoms with E-state index in [-0.39, 0.29) is 0 Å². The molecule has 0 bridgehead atoms. The maximum absolute atomic E-state index is 5.09. The van der Waals surface area contributed by atoms with Crippen molar-refractivity contribution in [1.82, 2.24) is 19.9 Å². The van der Waals surface area contributed by atoms with Crippen LogP contribution in [-0.4, -0.2) is 19.9 Å². The largest absolute Gasteiger partial charge is 0.345 e. The Morgan fingerprint density at radius 2 is 1.18 bits per heavy atom. The second-order valence-corrected chi connectivity index (χ2v) is 7.88. The average molecular weight is 425 g/mol. The Bertz CT molecular complexity index is 1540. The summed E-state index contributed by atoms with van der Waals surface area (Å²) in [6.45, 7) is 0. The molecule has 4 aromatic carbocycles. The molecule has 6 rings (SSSR count). The minimum atomic E-state index is 0.694. The van der Waals surface area contributed by atoms with E-state index in [1.165, 1.54) is 0 Å². The molecule has 0 radical (unpaired) electrons. The van der Waals surface area contributed by atoms with Crippen molar-refractivity contribution in [3.05, 3.63) is 116 Å².